The lowest BCUT2D eigenvalue weighted by Gasteiger charge is -2.16. The SMILES string of the molecule is COc1nc(N)nc2c1ncn2[C@@H]1O[C@@H](CO)C[C@@H]1O. The van der Waals surface area contributed by atoms with Gasteiger partial charge in [-0.2, -0.15) is 9.97 Å². The molecule has 9 nitrogen and oxygen atoms in total. The summed E-state index contributed by atoms with van der Waals surface area (Å²) in [5.41, 5.74) is 6.48. The lowest BCUT2D eigenvalue weighted by molar-refractivity contribution is -0.0486. The molecule has 1 saturated heterocycles. The van der Waals surface area contributed by atoms with Gasteiger partial charge in [0.25, 0.3) is 0 Å². The Morgan fingerprint density at radius 3 is 3.00 bits per heavy atom. The molecule has 9 heteroatoms. The molecular formula is C11H15N5O4. The number of hydrogen-bond donors (Lipinski definition) is 3. The Morgan fingerprint density at radius 1 is 1.55 bits per heavy atom. The number of aliphatic hydroxyl groups excluding tert-OH is 2. The molecule has 0 aromatic carbocycles. The molecule has 0 aliphatic carbocycles. The smallest absolute Gasteiger partial charge is 0.246 e. The number of rotatable bonds is 3. The summed E-state index contributed by atoms with van der Waals surface area (Å²) in [6, 6.07) is 0. The number of imidazole rings is 1. The summed E-state index contributed by atoms with van der Waals surface area (Å²) in [6.45, 7) is -0.152. The van der Waals surface area contributed by atoms with E-state index < -0.39 is 18.4 Å². The molecule has 0 bridgehead atoms. The number of aliphatic hydroxyl groups is 2. The van der Waals surface area contributed by atoms with Gasteiger partial charge in [-0.05, 0) is 0 Å². The van der Waals surface area contributed by atoms with Gasteiger partial charge in [0, 0.05) is 6.42 Å². The van der Waals surface area contributed by atoms with Crippen LogP contribution < -0.4 is 10.5 Å². The third kappa shape index (κ3) is 1.96. The van der Waals surface area contributed by atoms with Crippen LogP contribution in [0.4, 0.5) is 5.95 Å². The Morgan fingerprint density at radius 2 is 2.35 bits per heavy atom. The van der Waals surface area contributed by atoms with Crippen molar-refractivity contribution in [3.63, 3.8) is 0 Å². The van der Waals surface area contributed by atoms with Crippen molar-refractivity contribution in [1.29, 1.82) is 0 Å². The van der Waals surface area contributed by atoms with Gasteiger partial charge in [0.1, 0.15) is 6.10 Å². The van der Waals surface area contributed by atoms with Gasteiger partial charge in [-0.15, -0.1) is 0 Å². The highest BCUT2D eigenvalue weighted by Gasteiger charge is 2.36. The Hall–Kier alpha value is -1.97. The molecule has 0 amide bonds. The number of nitrogens with zero attached hydrogens (tertiary/aromatic N) is 4. The van der Waals surface area contributed by atoms with Gasteiger partial charge in [-0.3, -0.25) is 4.57 Å². The second kappa shape index (κ2) is 4.85. The van der Waals surface area contributed by atoms with Crippen molar-refractivity contribution in [2.45, 2.75) is 24.9 Å². The number of aromatic nitrogens is 4. The van der Waals surface area contributed by atoms with Crippen molar-refractivity contribution >= 4 is 17.1 Å². The van der Waals surface area contributed by atoms with Crippen LogP contribution in [0.2, 0.25) is 0 Å². The lowest BCUT2D eigenvalue weighted by atomic mass is 10.2. The van der Waals surface area contributed by atoms with E-state index in [2.05, 4.69) is 15.0 Å². The van der Waals surface area contributed by atoms with Crippen LogP contribution in [0.3, 0.4) is 0 Å². The summed E-state index contributed by atoms with van der Waals surface area (Å²) in [6.07, 6.45) is -0.00977. The van der Waals surface area contributed by atoms with Crippen molar-refractivity contribution in [1.82, 2.24) is 19.5 Å². The second-order valence-corrected chi connectivity index (χ2v) is 4.55. The van der Waals surface area contributed by atoms with Crippen LogP contribution in [0.1, 0.15) is 12.6 Å². The van der Waals surface area contributed by atoms with E-state index in [0.29, 0.717) is 17.6 Å². The molecule has 1 aliphatic rings. The average Bonchev–Trinajstić information content (AvgIpc) is 3.00. The van der Waals surface area contributed by atoms with Gasteiger partial charge >= 0.3 is 0 Å². The van der Waals surface area contributed by atoms with Crippen LogP contribution in [0, 0.1) is 0 Å². The lowest BCUT2D eigenvalue weighted by Crippen LogP contribution is -2.19. The maximum Gasteiger partial charge on any atom is 0.246 e. The Bertz CT molecular complexity index is 631. The van der Waals surface area contributed by atoms with E-state index in [1.807, 2.05) is 0 Å². The molecule has 20 heavy (non-hydrogen) atoms. The topological polar surface area (TPSA) is 129 Å². The summed E-state index contributed by atoms with van der Waals surface area (Å²) >= 11 is 0. The second-order valence-electron chi connectivity index (χ2n) is 4.55. The predicted molar refractivity (Wildman–Crippen MR) is 67.9 cm³/mol. The minimum atomic E-state index is -0.758. The molecule has 4 N–H and O–H groups in total. The van der Waals surface area contributed by atoms with E-state index in [0.717, 1.165) is 0 Å². The first-order valence-corrected chi connectivity index (χ1v) is 6.12. The van der Waals surface area contributed by atoms with Gasteiger partial charge in [-0.1, -0.05) is 0 Å². The van der Waals surface area contributed by atoms with Crippen molar-refractivity contribution in [3.05, 3.63) is 6.33 Å². The average molecular weight is 281 g/mol. The Kier molecular flexibility index (Phi) is 3.16. The fourth-order valence-corrected chi connectivity index (χ4v) is 2.33. The quantitative estimate of drug-likeness (QED) is 0.657. The third-order valence-corrected chi connectivity index (χ3v) is 3.24. The zero-order valence-corrected chi connectivity index (χ0v) is 10.8. The molecule has 1 aliphatic heterocycles. The highest BCUT2D eigenvalue weighted by atomic mass is 16.5. The van der Waals surface area contributed by atoms with E-state index >= 15 is 0 Å². The minimum absolute atomic E-state index is 0.0438. The monoisotopic (exact) mass is 281 g/mol. The zero-order chi connectivity index (χ0) is 14.3. The number of fused-ring (bicyclic) bond motifs is 1. The molecule has 2 aromatic rings. The van der Waals surface area contributed by atoms with E-state index in [-0.39, 0.29) is 18.4 Å². The van der Waals surface area contributed by atoms with E-state index in [9.17, 15) is 5.11 Å². The molecule has 2 aromatic heterocycles. The molecule has 0 spiro atoms. The van der Waals surface area contributed by atoms with Gasteiger partial charge in [-0.25, -0.2) is 4.98 Å². The molecule has 0 radical (unpaired) electrons. The van der Waals surface area contributed by atoms with E-state index in [4.69, 9.17) is 20.3 Å². The largest absolute Gasteiger partial charge is 0.479 e. The summed E-state index contributed by atoms with van der Waals surface area (Å²) < 4.78 is 12.2. The van der Waals surface area contributed by atoms with E-state index in [1.54, 1.807) is 4.57 Å². The number of nitrogens with two attached hydrogens (primary N) is 1. The van der Waals surface area contributed by atoms with Crippen molar-refractivity contribution < 1.29 is 19.7 Å². The third-order valence-electron chi connectivity index (χ3n) is 3.24. The van der Waals surface area contributed by atoms with Crippen molar-refractivity contribution in [2.75, 3.05) is 19.5 Å². The fraction of sp³-hybridized carbons (Fsp3) is 0.545. The minimum Gasteiger partial charge on any atom is -0.479 e. The number of nitrogen functional groups attached to an aromatic ring is 1. The summed E-state index contributed by atoms with van der Waals surface area (Å²) in [5, 5.41) is 19.1. The number of hydrogen-bond acceptors (Lipinski definition) is 8. The highest BCUT2D eigenvalue weighted by molar-refractivity contribution is 5.77. The number of methoxy groups -OCH3 is 1. The summed E-state index contributed by atoms with van der Waals surface area (Å²) in [4.78, 5) is 12.2. The fourth-order valence-electron chi connectivity index (χ4n) is 2.33. The zero-order valence-electron chi connectivity index (χ0n) is 10.8. The Labute approximate surface area is 114 Å². The van der Waals surface area contributed by atoms with E-state index in [1.165, 1.54) is 13.4 Å². The first-order chi connectivity index (χ1) is 9.63. The molecule has 3 atom stereocenters. The first-order valence-electron chi connectivity index (χ1n) is 6.12. The summed E-state index contributed by atoms with van der Waals surface area (Å²) in [5.74, 6) is 0.305. The molecule has 0 saturated carbocycles. The standard InChI is InChI=1S/C11H15N5O4/c1-19-9-7-8(14-11(12)15-9)16(4-13-7)10-6(18)2-5(3-17)20-10/h4-6,10,17-18H,2-3H2,1H3,(H2,12,14,15)/t5-,6+,10-/m1/s1. The highest BCUT2D eigenvalue weighted by Crippen LogP contribution is 2.32. The molecule has 108 valence electrons. The maximum atomic E-state index is 10.0. The summed E-state index contributed by atoms with van der Waals surface area (Å²) in [7, 11) is 1.46. The Balaban J connectivity index is 2.07. The normalized spacial score (nSPS) is 26.2. The molecular weight excluding hydrogens is 266 g/mol. The van der Waals surface area contributed by atoms with Crippen LogP contribution in [-0.4, -0.2) is 55.7 Å². The number of anilines is 1. The van der Waals surface area contributed by atoms with Gasteiger partial charge in [0.2, 0.25) is 11.8 Å². The number of ether oxygens (including phenoxy) is 2. The maximum absolute atomic E-state index is 10.0. The molecule has 1 fully saturated rings. The van der Waals surface area contributed by atoms with Crippen molar-refractivity contribution in [3.8, 4) is 5.88 Å². The van der Waals surface area contributed by atoms with Gasteiger partial charge < -0.3 is 25.4 Å². The predicted octanol–water partition coefficient (Wildman–Crippen LogP) is -0.942. The molecule has 3 rings (SSSR count). The van der Waals surface area contributed by atoms with Gasteiger partial charge in [0.15, 0.2) is 17.4 Å². The van der Waals surface area contributed by atoms with Crippen LogP contribution >= 0.6 is 0 Å². The van der Waals surface area contributed by atoms with Crippen LogP contribution in [-0.2, 0) is 4.74 Å². The van der Waals surface area contributed by atoms with Crippen molar-refractivity contribution in [2.24, 2.45) is 0 Å². The van der Waals surface area contributed by atoms with Crippen LogP contribution in [0.15, 0.2) is 6.33 Å². The first kappa shape index (κ1) is 13.0. The van der Waals surface area contributed by atoms with Crippen LogP contribution in [0.5, 0.6) is 5.88 Å². The molecule has 3 heterocycles. The van der Waals surface area contributed by atoms with Crippen LogP contribution in [0.25, 0.3) is 11.2 Å². The van der Waals surface area contributed by atoms with Gasteiger partial charge in [0.05, 0.1) is 26.1 Å². The molecule has 0 unspecified atom stereocenters.